The van der Waals surface area contributed by atoms with Gasteiger partial charge in [-0.05, 0) is 23.3 Å². The second kappa shape index (κ2) is 7.55. The van der Waals surface area contributed by atoms with Crippen LogP contribution in [0.1, 0.15) is 11.1 Å². The van der Waals surface area contributed by atoms with E-state index in [0.29, 0.717) is 0 Å². The largest absolute Gasteiger partial charge is 0.329 e. The molecule has 0 fully saturated rings. The molecular weight excluding hydrogens is 375 g/mol. The smallest absolute Gasteiger partial charge is 0.298 e. The molecule has 146 valence electrons. The van der Waals surface area contributed by atoms with Gasteiger partial charge in [0.25, 0.3) is 5.56 Å². The Morgan fingerprint density at radius 3 is 2.59 bits per heavy atom. The first-order chi connectivity index (χ1) is 14.0. The van der Waals surface area contributed by atoms with Gasteiger partial charge in [-0.25, -0.2) is 14.6 Å². The summed E-state index contributed by atoms with van der Waals surface area (Å²) in [6.45, 7) is 0.237. The fourth-order valence-corrected chi connectivity index (χ4v) is 2.95. The molecule has 0 aliphatic heterocycles. The number of hydrogen-bond donors (Lipinski definition) is 2. The minimum absolute atomic E-state index is 0.217. The second-order valence-electron chi connectivity index (χ2n) is 6.42. The molecule has 2 aromatic heterocycles. The van der Waals surface area contributed by atoms with Gasteiger partial charge >= 0.3 is 5.69 Å². The van der Waals surface area contributed by atoms with Crippen LogP contribution in [0.15, 0.2) is 69.3 Å². The topological polar surface area (TPSA) is 97.1 Å². The van der Waals surface area contributed by atoms with Crippen molar-refractivity contribution in [2.24, 2.45) is 12.1 Å². The zero-order valence-corrected chi connectivity index (χ0v) is 15.5. The van der Waals surface area contributed by atoms with E-state index in [1.807, 2.05) is 30.3 Å². The number of fused-ring (bicyclic) bond motifs is 1. The van der Waals surface area contributed by atoms with Crippen molar-refractivity contribution in [1.29, 1.82) is 0 Å². The third-order valence-electron chi connectivity index (χ3n) is 4.44. The van der Waals surface area contributed by atoms with E-state index < -0.39 is 11.2 Å². The van der Waals surface area contributed by atoms with Crippen molar-refractivity contribution in [2.75, 3.05) is 5.43 Å². The van der Waals surface area contributed by atoms with Gasteiger partial charge in [-0.15, -0.1) is 0 Å². The third kappa shape index (κ3) is 3.70. The van der Waals surface area contributed by atoms with Crippen LogP contribution in [-0.2, 0) is 13.6 Å². The first-order valence-corrected chi connectivity index (χ1v) is 8.81. The number of nitrogens with zero attached hydrogens (tertiary/aromatic N) is 4. The lowest BCUT2D eigenvalue weighted by molar-refractivity contribution is 0.626. The number of hydrogen-bond acceptors (Lipinski definition) is 5. The summed E-state index contributed by atoms with van der Waals surface area (Å²) >= 11 is 0. The lowest BCUT2D eigenvalue weighted by Gasteiger charge is -2.08. The summed E-state index contributed by atoms with van der Waals surface area (Å²) in [4.78, 5) is 31.1. The van der Waals surface area contributed by atoms with E-state index in [9.17, 15) is 14.0 Å². The highest BCUT2D eigenvalue weighted by atomic mass is 19.1. The molecule has 8 nitrogen and oxygen atoms in total. The monoisotopic (exact) mass is 392 g/mol. The van der Waals surface area contributed by atoms with Crippen LogP contribution >= 0.6 is 0 Å². The number of benzene rings is 2. The molecule has 4 rings (SSSR count). The number of aromatic nitrogens is 4. The third-order valence-corrected chi connectivity index (χ3v) is 4.44. The molecular formula is C20H17FN6O2. The van der Waals surface area contributed by atoms with Crippen molar-refractivity contribution in [2.45, 2.75) is 6.54 Å². The second-order valence-corrected chi connectivity index (χ2v) is 6.42. The molecule has 0 unspecified atom stereocenters. The van der Waals surface area contributed by atoms with Crippen LogP contribution < -0.4 is 16.7 Å². The van der Waals surface area contributed by atoms with Gasteiger partial charge < -0.3 is 0 Å². The van der Waals surface area contributed by atoms with E-state index in [4.69, 9.17) is 0 Å². The Balaban J connectivity index is 1.79. The van der Waals surface area contributed by atoms with Gasteiger partial charge in [-0.3, -0.25) is 18.9 Å². The summed E-state index contributed by atoms with van der Waals surface area (Å²) in [7, 11) is 1.52. The summed E-state index contributed by atoms with van der Waals surface area (Å²) in [5.74, 6) is -0.0708. The molecule has 0 saturated heterocycles. The number of halogens is 1. The lowest BCUT2D eigenvalue weighted by atomic mass is 10.2. The maximum atomic E-state index is 13.2. The van der Waals surface area contributed by atoms with Crippen molar-refractivity contribution in [3.8, 4) is 0 Å². The maximum Gasteiger partial charge on any atom is 0.329 e. The average Bonchev–Trinajstić information content (AvgIpc) is 3.08. The zero-order chi connectivity index (χ0) is 20.4. The van der Waals surface area contributed by atoms with E-state index in [1.54, 1.807) is 22.9 Å². The van der Waals surface area contributed by atoms with Crippen molar-refractivity contribution < 1.29 is 4.39 Å². The van der Waals surface area contributed by atoms with Crippen LogP contribution in [-0.4, -0.2) is 25.3 Å². The molecule has 9 heteroatoms. The molecule has 2 N–H and O–H groups in total. The highest BCUT2D eigenvalue weighted by Crippen LogP contribution is 2.18. The Labute approximate surface area is 164 Å². The SMILES string of the molecule is Cn1c(=O)[nH]c(=O)c2c1nc(N/N=C\c1ccccc1)n2Cc1ccc(F)cc1. The average molecular weight is 392 g/mol. The fourth-order valence-electron chi connectivity index (χ4n) is 2.95. The van der Waals surface area contributed by atoms with Gasteiger partial charge in [0, 0.05) is 7.05 Å². The van der Waals surface area contributed by atoms with Gasteiger partial charge in [-0.1, -0.05) is 42.5 Å². The Hall–Kier alpha value is -4.01. The van der Waals surface area contributed by atoms with Crippen LogP contribution in [0.5, 0.6) is 0 Å². The van der Waals surface area contributed by atoms with Gasteiger partial charge in [0.05, 0.1) is 12.8 Å². The van der Waals surface area contributed by atoms with Gasteiger partial charge in [0.2, 0.25) is 5.95 Å². The quantitative estimate of drug-likeness (QED) is 0.401. The fraction of sp³-hybridized carbons (Fsp3) is 0.100. The first-order valence-electron chi connectivity index (χ1n) is 8.81. The van der Waals surface area contributed by atoms with Gasteiger partial charge in [-0.2, -0.15) is 10.1 Å². The minimum Gasteiger partial charge on any atom is -0.298 e. The molecule has 0 radical (unpaired) electrons. The molecule has 29 heavy (non-hydrogen) atoms. The summed E-state index contributed by atoms with van der Waals surface area (Å²) in [5.41, 5.74) is 3.79. The number of hydrazone groups is 1. The predicted octanol–water partition coefficient (Wildman–Crippen LogP) is 2.06. The van der Waals surface area contributed by atoms with E-state index >= 15 is 0 Å². The highest BCUT2D eigenvalue weighted by Gasteiger charge is 2.17. The minimum atomic E-state index is -0.562. The number of nitrogens with one attached hydrogen (secondary N) is 2. The molecule has 0 aliphatic carbocycles. The number of anilines is 1. The summed E-state index contributed by atoms with van der Waals surface area (Å²) in [6, 6.07) is 15.4. The van der Waals surface area contributed by atoms with Crippen molar-refractivity contribution in [3.05, 3.63) is 92.4 Å². The van der Waals surface area contributed by atoms with E-state index in [-0.39, 0.29) is 29.5 Å². The molecule has 2 heterocycles. The van der Waals surface area contributed by atoms with Crippen LogP contribution in [0, 0.1) is 5.82 Å². The first kappa shape index (κ1) is 18.4. The Morgan fingerprint density at radius 2 is 1.86 bits per heavy atom. The van der Waals surface area contributed by atoms with Crippen molar-refractivity contribution in [3.63, 3.8) is 0 Å². The molecule has 0 spiro atoms. The van der Waals surface area contributed by atoms with Crippen molar-refractivity contribution >= 4 is 23.3 Å². The van der Waals surface area contributed by atoms with Crippen LogP contribution in [0.2, 0.25) is 0 Å². The molecule has 0 bridgehead atoms. The van der Waals surface area contributed by atoms with E-state index in [1.165, 1.54) is 23.7 Å². The summed E-state index contributed by atoms with van der Waals surface area (Å²) in [6.07, 6.45) is 1.62. The number of imidazole rings is 1. The van der Waals surface area contributed by atoms with Gasteiger partial charge in [0.15, 0.2) is 11.2 Å². The standard InChI is InChI=1S/C20H17FN6O2/c1-26-17-16(18(28)24-20(26)29)27(12-14-7-9-15(21)10-8-14)19(23-17)25-22-11-13-5-3-2-4-6-13/h2-11H,12H2,1H3,(H,23,25)(H,24,28,29)/b22-11-. The Bertz CT molecular complexity index is 1300. The van der Waals surface area contributed by atoms with Crippen molar-refractivity contribution in [1.82, 2.24) is 19.1 Å². The van der Waals surface area contributed by atoms with E-state index in [0.717, 1.165) is 11.1 Å². The Morgan fingerprint density at radius 1 is 1.14 bits per heavy atom. The lowest BCUT2D eigenvalue weighted by Crippen LogP contribution is -2.29. The molecule has 0 atom stereocenters. The number of aromatic amines is 1. The zero-order valence-electron chi connectivity index (χ0n) is 15.5. The van der Waals surface area contributed by atoms with Crippen LogP contribution in [0.25, 0.3) is 11.2 Å². The van der Waals surface area contributed by atoms with Gasteiger partial charge in [0.1, 0.15) is 5.82 Å². The molecule has 4 aromatic rings. The predicted molar refractivity (Wildman–Crippen MR) is 109 cm³/mol. The molecule has 0 saturated carbocycles. The maximum absolute atomic E-state index is 13.2. The number of aryl methyl sites for hydroxylation is 1. The Kier molecular flexibility index (Phi) is 4.78. The normalized spacial score (nSPS) is 11.4. The van der Waals surface area contributed by atoms with E-state index in [2.05, 4.69) is 20.5 Å². The highest BCUT2D eigenvalue weighted by molar-refractivity contribution is 5.80. The number of rotatable bonds is 5. The summed E-state index contributed by atoms with van der Waals surface area (Å²) in [5, 5.41) is 4.19. The summed E-state index contributed by atoms with van der Waals surface area (Å²) < 4.78 is 16.1. The molecule has 2 aromatic carbocycles. The van der Waals surface area contributed by atoms with Crippen LogP contribution in [0.3, 0.4) is 0 Å². The van der Waals surface area contributed by atoms with Crippen LogP contribution in [0.4, 0.5) is 10.3 Å². The number of H-pyrrole nitrogens is 1. The molecule has 0 amide bonds. The molecule has 0 aliphatic rings.